The Labute approximate surface area is 97.7 Å². The Hall–Kier alpha value is -0.160. The molecule has 1 saturated heterocycles. The van der Waals surface area contributed by atoms with E-state index in [0.29, 0.717) is 24.8 Å². The average Bonchev–Trinajstić information content (AvgIpc) is 2.74. The summed E-state index contributed by atoms with van der Waals surface area (Å²) in [4.78, 5) is 2.54. The molecular formula is C12H24N2O2. The summed E-state index contributed by atoms with van der Waals surface area (Å²) in [5, 5.41) is 8.70. The number of likely N-dealkylation sites (tertiary alicyclic amines) is 1. The maximum absolute atomic E-state index is 8.70. The van der Waals surface area contributed by atoms with Crippen LogP contribution < -0.4 is 5.73 Å². The molecule has 0 aromatic rings. The minimum Gasteiger partial charge on any atom is -0.394 e. The molecule has 3 N–H and O–H groups in total. The number of piperidine rings is 1. The zero-order valence-electron chi connectivity index (χ0n) is 9.98. The number of ether oxygens (including phenoxy) is 1. The van der Waals surface area contributed by atoms with Gasteiger partial charge in [0.15, 0.2) is 0 Å². The average molecular weight is 228 g/mol. The summed E-state index contributed by atoms with van der Waals surface area (Å²) in [7, 11) is 0. The number of nitrogens with two attached hydrogens (primary N) is 1. The van der Waals surface area contributed by atoms with E-state index >= 15 is 0 Å². The van der Waals surface area contributed by atoms with Crippen LogP contribution in [0, 0.1) is 0 Å². The molecule has 0 aromatic heterocycles. The van der Waals surface area contributed by atoms with Crippen molar-refractivity contribution in [2.45, 2.75) is 50.3 Å². The standard InChI is InChI=1S/C12H24N2O2/c13-11-2-1-3-12(11)14-6-4-10(5-7-14)16-9-8-15/h10-12,15H,1-9,13H2. The van der Waals surface area contributed by atoms with Crippen LogP contribution in [0.4, 0.5) is 0 Å². The Morgan fingerprint density at radius 1 is 1.19 bits per heavy atom. The predicted molar refractivity (Wildman–Crippen MR) is 63.2 cm³/mol. The van der Waals surface area contributed by atoms with Gasteiger partial charge in [-0.3, -0.25) is 4.90 Å². The summed E-state index contributed by atoms with van der Waals surface area (Å²) in [6.45, 7) is 2.82. The number of hydrogen-bond donors (Lipinski definition) is 2. The zero-order chi connectivity index (χ0) is 11.4. The third kappa shape index (κ3) is 2.94. The van der Waals surface area contributed by atoms with Gasteiger partial charge in [-0.1, -0.05) is 6.42 Å². The van der Waals surface area contributed by atoms with Gasteiger partial charge < -0.3 is 15.6 Å². The van der Waals surface area contributed by atoms with Crippen LogP contribution in [0.25, 0.3) is 0 Å². The van der Waals surface area contributed by atoms with E-state index in [1.807, 2.05) is 0 Å². The van der Waals surface area contributed by atoms with E-state index in [-0.39, 0.29) is 6.61 Å². The van der Waals surface area contributed by atoms with Gasteiger partial charge in [-0.2, -0.15) is 0 Å². The third-order valence-electron chi connectivity index (χ3n) is 3.92. The van der Waals surface area contributed by atoms with Gasteiger partial charge in [0.2, 0.25) is 0 Å². The van der Waals surface area contributed by atoms with Crippen molar-refractivity contribution in [1.82, 2.24) is 4.90 Å². The van der Waals surface area contributed by atoms with Crippen LogP contribution in [0.5, 0.6) is 0 Å². The quantitative estimate of drug-likeness (QED) is 0.728. The largest absolute Gasteiger partial charge is 0.394 e. The van der Waals surface area contributed by atoms with E-state index in [9.17, 15) is 0 Å². The molecule has 0 amide bonds. The van der Waals surface area contributed by atoms with Gasteiger partial charge in [0.25, 0.3) is 0 Å². The predicted octanol–water partition coefficient (Wildman–Crippen LogP) is 0.339. The van der Waals surface area contributed by atoms with Crippen molar-refractivity contribution in [2.75, 3.05) is 26.3 Å². The number of nitrogens with zero attached hydrogens (tertiary/aromatic N) is 1. The molecule has 2 atom stereocenters. The van der Waals surface area contributed by atoms with E-state index in [0.717, 1.165) is 25.9 Å². The van der Waals surface area contributed by atoms with Gasteiger partial charge in [-0.05, 0) is 25.7 Å². The first kappa shape index (κ1) is 12.3. The normalized spacial score (nSPS) is 33.4. The topological polar surface area (TPSA) is 58.7 Å². The molecule has 2 unspecified atom stereocenters. The lowest BCUT2D eigenvalue weighted by atomic mass is 10.0. The molecule has 1 aliphatic carbocycles. The first-order valence-electron chi connectivity index (χ1n) is 6.53. The van der Waals surface area contributed by atoms with Crippen LogP contribution in [-0.4, -0.2) is 54.5 Å². The molecule has 16 heavy (non-hydrogen) atoms. The molecule has 4 nitrogen and oxygen atoms in total. The van der Waals surface area contributed by atoms with Crippen molar-refractivity contribution < 1.29 is 9.84 Å². The van der Waals surface area contributed by atoms with E-state index in [1.165, 1.54) is 19.3 Å². The molecule has 0 radical (unpaired) electrons. The lowest BCUT2D eigenvalue weighted by molar-refractivity contribution is -0.0158. The zero-order valence-corrected chi connectivity index (χ0v) is 9.98. The first-order chi connectivity index (χ1) is 7.81. The highest BCUT2D eigenvalue weighted by molar-refractivity contribution is 4.90. The third-order valence-corrected chi connectivity index (χ3v) is 3.92. The second-order valence-electron chi connectivity index (χ2n) is 4.99. The Morgan fingerprint density at radius 2 is 1.94 bits per heavy atom. The maximum Gasteiger partial charge on any atom is 0.0701 e. The molecule has 2 aliphatic rings. The van der Waals surface area contributed by atoms with Crippen molar-refractivity contribution in [1.29, 1.82) is 0 Å². The van der Waals surface area contributed by atoms with Crippen LogP contribution in [-0.2, 0) is 4.74 Å². The van der Waals surface area contributed by atoms with Gasteiger partial charge in [0.05, 0.1) is 19.3 Å². The molecule has 1 heterocycles. The highest BCUT2D eigenvalue weighted by Crippen LogP contribution is 2.26. The van der Waals surface area contributed by atoms with Crippen molar-refractivity contribution in [3.63, 3.8) is 0 Å². The highest BCUT2D eigenvalue weighted by Gasteiger charge is 2.32. The van der Waals surface area contributed by atoms with Crippen molar-refractivity contribution in [3.8, 4) is 0 Å². The van der Waals surface area contributed by atoms with Crippen molar-refractivity contribution in [2.24, 2.45) is 5.73 Å². The van der Waals surface area contributed by atoms with Crippen LogP contribution in [0.2, 0.25) is 0 Å². The summed E-state index contributed by atoms with van der Waals surface area (Å²) in [5.41, 5.74) is 6.12. The fourth-order valence-corrected chi connectivity index (χ4v) is 3.02. The smallest absolute Gasteiger partial charge is 0.0701 e. The van der Waals surface area contributed by atoms with Gasteiger partial charge in [0, 0.05) is 25.2 Å². The van der Waals surface area contributed by atoms with Gasteiger partial charge in [-0.25, -0.2) is 0 Å². The van der Waals surface area contributed by atoms with E-state index < -0.39 is 0 Å². The molecule has 0 bridgehead atoms. The number of rotatable bonds is 4. The second-order valence-corrected chi connectivity index (χ2v) is 4.99. The highest BCUT2D eigenvalue weighted by atomic mass is 16.5. The van der Waals surface area contributed by atoms with Crippen LogP contribution in [0.15, 0.2) is 0 Å². The fraction of sp³-hybridized carbons (Fsp3) is 1.00. The molecule has 2 fully saturated rings. The lowest BCUT2D eigenvalue weighted by Gasteiger charge is -2.37. The molecule has 2 rings (SSSR count). The Kier molecular flexibility index (Phi) is 4.58. The van der Waals surface area contributed by atoms with Crippen molar-refractivity contribution in [3.05, 3.63) is 0 Å². The molecule has 94 valence electrons. The second kappa shape index (κ2) is 5.96. The summed E-state index contributed by atoms with van der Waals surface area (Å²) >= 11 is 0. The van der Waals surface area contributed by atoms with Gasteiger partial charge in [0.1, 0.15) is 0 Å². The Morgan fingerprint density at radius 3 is 2.50 bits per heavy atom. The lowest BCUT2D eigenvalue weighted by Crippen LogP contribution is -2.49. The van der Waals surface area contributed by atoms with Crippen LogP contribution in [0.1, 0.15) is 32.1 Å². The molecule has 1 aliphatic heterocycles. The Bertz CT molecular complexity index is 205. The molecule has 0 spiro atoms. The molecule has 1 saturated carbocycles. The summed E-state index contributed by atoms with van der Waals surface area (Å²) in [5.74, 6) is 0. The van der Waals surface area contributed by atoms with Crippen molar-refractivity contribution >= 4 is 0 Å². The minimum absolute atomic E-state index is 0.133. The number of aliphatic hydroxyl groups excluding tert-OH is 1. The van der Waals surface area contributed by atoms with Gasteiger partial charge in [-0.15, -0.1) is 0 Å². The summed E-state index contributed by atoms with van der Waals surface area (Å²) < 4.78 is 5.56. The Balaban J connectivity index is 1.72. The van der Waals surface area contributed by atoms with Crippen LogP contribution >= 0.6 is 0 Å². The first-order valence-corrected chi connectivity index (χ1v) is 6.53. The maximum atomic E-state index is 8.70. The van der Waals surface area contributed by atoms with E-state index in [1.54, 1.807) is 0 Å². The molecule has 0 aromatic carbocycles. The summed E-state index contributed by atoms with van der Waals surface area (Å²) in [6.07, 6.45) is 6.26. The SMILES string of the molecule is NC1CCCC1N1CCC(OCCO)CC1. The van der Waals surface area contributed by atoms with E-state index in [2.05, 4.69) is 4.90 Å². The summed E-state index contributed by atoms with van der Waals surface area (Å²) in [6, 6.07) is 0.994. The molecule has 4 heteroatoms. The van der Waals surface area contributed by atoms with Crippen LogP contribution in [0.3, 0.4) is 0 Å². The van der Waals surface area contributed by atoms with Gasteiger partial charge >= 0.3 is 0 Å². The molecular weight excluding hydrogens is 204 g/mol. The van der Waals surface area contributed by atoms with E-state index in [4.69, 9.17) is 15.6 Å². The number of hydrogen-bond acceptors (Lipinski definition) is 4. The number of aliphatic hydroxyl groups is 1. The minimum atomic E-state index is 0.133. The monoisotopic (exact) mass is 228 g/mol. The fourth-order valence-electron chi connectivity index (χ4n) is 3.02.